The van der Waals surface area contributed by atoms with Crippen LogP contribution in [-0.2, 0) is 6.42 Å². The molecule has 2 aromatic carbocycles. The van der Waals surface area contributed by atoms with Gasteiger partial charge in [0.25, 0.3) is 11.6 Å². The van der Waals surface area contributed by atoms with Crippen molar-refractivity contribution in [1.82, 2.24) is 14.7 Å². The Morgan fingerprint density at radius 1 is 1.08 bits per heavy atom. The monoisotopic (exact) mass is 490 g/mol. The molecule has 0 N–H and O–H groups in total. The Labute approximate surface area is 207 Å². The molecule has 4 rings (SSSR count). The van der Waals surface area contributed by atoms with Crippen LogP contribution in [0.15, 0.2) is 65.1 Å². The second kappa shape index (κ2) is 10.3. The van der Waals surface area contributed by atoms with Gasteiger partial charge in [0.15, 0.2) is 17.3 Å². The summed E-state index contributed by atoms with van der Waals surface area (Å²) < 4.78 is 17.7. The average molecular weight is 491 g/mol. The van der Waals surface area contributed by atoms with Crippen molar-refractivity contribution >= 4 is 11.6 Å². The van der Waals surface area contributed by atoms with Crippen molar-refractivity contribution in [2.75, 3.05) is 27.8 Å². The molecule has 0 fully saturated rings. The molecule has 2 aromatic heterocycles. The third-order valence-electron chi connectivity index (χ3n) is 5.74. The molecule has 0 aliphatic carbocycles. The molecule has 4 aromatic rings. The van der Waals surface area contributed by atoms with Gasteiger partial charge in [0.05, 0.1) is 24.8 Å². The molecule has 1 amide bonds. The molecule has 10 nitrogen and oxygen atoms in total. The third kappa shape index (κ3) is 5.07. The number of methoxy groups -OCH3 is 2. The lowest BCUT2D eigenvalue weighted by atomic mass is 10.1. The fourth-order valence-corrected chi connectivity index (χ4v) is 3.79. The van der Waals surface area contributed by atoms with Crippen LogP contribution in [0.3, 0.4) is 0 Å². The fourth-order valence-electron chi connectivity index (χ4n) is 3.79. The number of rotatable bonds is 9. The van der Waals surface area contributed by atoms with E-state index in [9.17, 15) is 14.9 Å². The third-order valence-corrected chi connectivity index (χ3v) is 5.74. The Morgan fingerprint density at radius 2 is 1.86 bits per heavy atom. The lowest BCUT2D eigenvalue weighted by Gasteiger charge is -2.18. The number of ether oxygens (including phenoxy) is 2. The Hall–Kier alpha value is -4.60. The number of aryl methyl sites for hydroxylation is 1. The first kappa shape index (κ1) is 24.5. The number of furan rings is 1. The van der Waals surface area contributed by atoms with Crippen molar-refractivity contribution in [1.29, 1.82) is 0 Å². The van der Waals surface area contributed by atoms with E-state index in [4.69, 9.17) is 13.9 Å². The predicted octanol–water partition coefficient (Wildman–Crippen LogP) is 4.68. The topological polar surface area (TPSA) is 113 Å². The Bertz CT molecular complexity index is 1410. The summed E-state index contributed by atoms with van der Waals surface area (Å²) in [6, 6.07) is 16.8. The summed E-state index contributed by atoms with van der Waals surface area (Å²) in [5, 5.41) is 15.9. The van der Waals surface area contributed by atoms with Gasteiger partial charge in [-0.25, -0.2) is 4.68 Å². The number of non-ortho nitro benzene ring substituents is 1. The van der Waals surface area contributed by atoms with Crippen molar-refractivity contribution in [2.24, 2.45) is 0 Å². The first-order valence-corrected chi connectivity index (χ1v) is 11.2. The van der Waals surface area contributed by atoms with E-state index in [-0.39, 0.29) is 17.3 Å². The molecule has 36 heavy (non-hydrogen) atoms. The summed E-state index contributed by atoms with van der Waals surface area (Å²) in [4.78, 5) is 25.9. The molecule has 0 saturated carbocycles. The smallest absolute Gasteiger partial charge is 0.272 e. The number of amides is 1. The number of benzene rings is 2. The van der Waals surface area contributed by atoms with Crippen LogP contribution in [0.4, 0.5) is 5.69 Å². The Kier molecular flexibility index (Phi) is 7.05. The number of hydrogen-bond acceptors (Lipinski definition) is 7. The van der Waals surface area contributed by atoms with Gasteiger partial charge >= 0.3 is 0 Å². The molecule has 0 aliphatic rings. The minimum absolute atomic E-state index is 0.0985. The van der Waals surface area contributed by atoms with E-state index in [0.717, 1.165) is 5.56 Å². The maximum atomic E-state index is 13.5. The Balaban J connectivity index is 1.63. The average Bonchev–Trinajstić information content (AvgIpc) is 3.53. The van der Waals surface area contributed by atoms with Gasteiger partial charge in [0, 0.05) is 31.8 Å². The van der Waals surface area contributed by atoms with Gasteiger partial charge in [0.2, 0.25) is 0 Å². The summed E-state index contributed by atoms with van der Waals surface area (Å²) in [5.41, 5.74) is 1.99. The SMILES string of the molecule is COc1ccc(CCN(C)C(=O)c2cc(-c3ccc(C)o3)nn2-c2cccc([N+](=O)[O-])c2)cc1OC. The first-order valence-electron chi connectivity index (χ1n) is 11.2. The van der Waals surface area contributed by atoms with Crippen LogP contribution < -0.4 is 9.47 Å². The lowest BCUT2D eigenvalue weighted by molar-refractivity contribution is -0.384. The van der Waals surface area contributed by atoms with Gasteiger partial charge in [-0.1, -0.05) is 12.1 Å². The van der Waals surface area contributed by atoms with Crippen LogP contribution in [0.1, 0.15) is 21.8 Å². The highest BCUT2D eigenvalue weighted by Crippen LogP contribution is 2.28. The normalized spacial score (nSPS) is 10.8. The maximum Gasteiger partial charge on any atom is 0.272 e. The Morgan fingerprint density at radius 3 is 2.53 bits per heavy atom. The summed E-state index contributed by atoms with van der Waals surface area (Å²) in [6.45, 7) is 2.23. The molecule has 0 saturated heterocycles. The van der Waals surface area contributed by atoms with E-state index in [1.807, 2.05) is 25.1 Å². The van der Waals surface area contributed by atoms with Crippen LogP contribution in [0.25, 0.3) is 17.1 Å². The zero-order valence-electron chi connectivity index (χ0n) is 20.4. The van der Waals surface area contributed by atoms with Gasteiger partial charge in [-0.15, -0.1) is 0 Å². The molecule has 2 heterocycles. The van der Waals surface area contributed by atoms with E-state index >= 15 is 0 Å². The van der Waals surface area contributed by atoms with Crippen molar-refractivity contribution in [2.45, 2.75) is 13.3 Å². The van der Waals surface area contributed by atoms with Crippen LogP contribution in [0.2, 0.25) is 0 Å². The second-order valence-corrected chi connectivity index (χ2v) is 8.18. The number of carbonyl (C=O) groups is 1. The number of likely N-dealkylation sites (N-methyl/N-ethyl adjacent to an activating group) is 1. The van der Waals surface area contributed by atoms with Crippen LogP contribution in [0.5, 0.6) is 11.5 Å². The summed E-state index contributed by atoms with van der Waals surface area (Å²) in [5.74, 6) is 2.16. The molecule has 0 radical (unpaired) electrons. The van der Waals surface area contributed by atoms with E-state index < -0.39 is 4.92 Å². The van der Waals surface area contributed by atoms with Gasteiger partial charge in [-0.05, 0) is 49.2 Å². The van der Waals surface area contributed by atoms with Crippen molar-refractivity contribution in [3.05, 3.63) is 87.8 Å². The van der Waals surface area contributed by atoms with Gasteiger partial charge in [0.1, 0.15) is 17.1 Å². The number of carbonyl (C=O) groups excluding carboxylic acids is 1. The van der Waals surface area contributed by atoms with Crippen LogP contribution in [0, 0.1) is 17.0 Å². The number of nitrogens with zero attached hydrogens (tertiary/aromatic N) is 4. The molecular formula is C26H26N4O6. The fraction of sp³-hybridized carbons (Fsp3) is 0.231. The summed E-state index contributed by atoms with van der Waals surface area (Å²) in [7, 11) is 4.85. The lowest BCUT2D eigenvalue weighted by Crippen LogP contribution is -2.30. The molecule has 186 valence electrons. The molecule has 0 unspecified atom stereocenters. The number of nitro benzene ring substituents is 1. The summed E-state index contributed by atoms with van der Waals surface area (Å²) in [6.07, 6.45) is 0.581. The standard InChI is InChI=1S/C26H26N4O6/c1-17-8-10-23(36-17)21-16-22(29(27-21)19-6-5-7-20(15-19)30(32)33)26(31)28(2)13-12-18-9-11-24(34-3)25(14-18)35-4/h5-11,14-16H,12-13H2,1-4H3. The zero-order chi connectivity index (χ0) is 25.8. The van der Waals surface area contributed by atoms with E-state index in [1.165, 1.54) is 16.8 Å². The van der Waals surface area contributed by atoms with E-state index in [0.29, 0.717) is 47.4 Å². The molecule has 0 atom stereocenters. The quantitative estimate of drug-likeness (QED) is 0.247. The minimum atomic E-state index is -0.486. The summed E-state index contributed by atoms with van der Waals surface area (Å²) >= 11 is 0. The maximum absolute atomic E-state index is 13.5. The molecule has 0 aliphatic heterocycles. The highest BCUT2D eigenvalue weighted by molar-refractivity contribution is 5.94. The van der Waals surface area contributed by atoms with E-state index in [2.05, 4.69) is 5.10 Å². The minimum Gasteiger partial charge on any atom is -0.493 e. The van der Waals surface area contributed by atoms with Gasteiger partial charge < -0.3 is 18.8 Å². The molecule has 0 spiro atoms. The molecule has 0 bridgehead atoms. The van der Waals surface area contributed by atoms with Crippen molar-refractivity contribution < 1.29 is 23.6 Å². The van der Waals surface area contributed by atoms with Crippen molar-refractivity contribution in [3.63, 3.8) is 0 Å². The van der Waals surface area contributed by atoms with Crippen LogP contribution in [-0.4, -0.2) is 53.3 Å². The van der Waals surface area contributed by atoms with Crippen molar-refractivity contribution in [3.8, 4) is 28.6 Å². The van der Waals surface area contributed by atoms with E-state index in [1.54, 1.807) is 56.5 Å². The van der Waals surface area contributed by atoms with Gasteiger partial charge in [-0.2, -0.15) is 5.10 Å². The first-order chi connectivity index (χ1) is 17.3. The van der Waals surface area contributed by atoms with Gasteiger partial charge in [-0.3, -0.25) is 14.9 Å². The largest absolute Gasteiger partial charge is 0.493 e. The highest BCUT2D eigenvalue weighted by atomic mass is 16.6. The number of hydrogen-bond donors (Lipinski definition) is 0. The predicted molar refractivity (Wildman–Crippen MR) is 133 cm³/mol. The number of aromatic nitrogens is 2. The zero-order valence-corrected chi connectivity index (χ0v) is 20.4. The molecular weight excluding hydrogens is 464 g/mol. The molecule has 10 heteroatoms. The highest BCUT2D eigenvalue weighted by Gasteiger charge is 2.23. The second-order valence-electron chi connectivity index (χ2n) is 8.18. The van der Waals surface area contributed by atoms with Crippen LogP contribution >= 0.6 is 0 Å². The number of nitro groups is 1.